The van der Waals surface area contributed by atoms with E-state index in [1.54, 1.807) is 0 Å². The first-order chi connectivity index (χ1) is 21.0. The molecule has 0 spiro atoms. The smallest absolute Gasteiger partial charge is 0.305 e. The summed E-state index contributed by atoms with van der Waals surface area (Å²) < 4.78 is 10.2. The molecule has 0 rings (SSSR count). The molecule has 0 fully saturated rings. The van der Waals surface area contributed by atoms with Crippen LogP contribution in [0.3, 0.4) is 0 Å². The molecule has 0 aliphatic rings. The summed E-state index contributed by atoms with van der Waals surface area (Å²) in [6.45, 7) is 4.55. The van der Waals surface area contributed by atoms with E-state index in [0.29, 0.717) is 25.9 Å². The molecule has 0 saturated carbocycles. The van der Waals surface area contributed by atoms with Crippen LogP contribution in [0.4, 0.5) is 0 Å². The number of unbranched alkanes of at least 4 members (excludes halogenated alkanes) is 11. The largest absolute Gasteiger partial charge is 0.463 e. The van der Waals surface area contributed by atoms with Gasteiger partial charge in [-0.3, -0.25) is 9.59 Å². The standard InChI is InChI=1S/C37H64O6/c1-34(2)28-24-20-16-13-14-18-22-26-30-37(41)43-33-35(39)32-42-36(40)29-25-21-17-12-10-8-6-4-3-5-7-9-11-15-19-23-27-31-38/h3,5-6,8-9,11-12,17,34-35,38-39H,4,7,10,13-16,18-33H2,1-2H3/b5-3-,8-6-,11-9-,17-12-/t35-/m1/s1. The van der Waals surface area contributed by atoms with Crippen molar-refractivity contribution < 1.29 is 29.3 Å². The fraction of sp³-hybridized carbons (Fsp3) is 0.730. The van der Waals surface area contributed by atoms with Crippen LogP contribution in [-0.4, -0.2) is 48.1 Å². The average Bonchev–Trinajstić information content (AvgIpc) is 2.99. The van der Waals surface area contributed by atoms with Crippen molar-refractivity contribution in [3.05, 3.63) is 48.6 Å². The zero-order valence-electron chi connectivity index (χ0n) is 27.6. The predicted molar refractivity (Wildman–Crippen MR) is 179 cm³/mol. The Bertz CT molecular complexity index is 752. The van der Waals surface area contributed by atoms with Crippen molar-refractivity contribution in [1.29, 1.82) is 0 Å². The molecule has 0 unspecified atom stereocenters. The van der Waals surface area contributed by atoms with Gasteiger partial charge in [-0.05, 0) is 63.7 Å². The molecule has 1 atom stereocenters. The van der Waals surface area contributed by atoms with E-state index in [1.807, 2.05) is 0 Å². The fourth-order valence-electron chi connectivity index (χ4n) is 4.42. The van der Waals surface area contributed by atoms with Crippen molar-refractivity contribution in [2.24, 2.45) is 5.92 Å². The number of rotatable bonds is 30. The van der Waals surface area contributed by atoms with E-state index >= 15 is 0 Å². The number of aliphatic hydroxyl groups excluding tert-OH is 2. The van der Waals surface area contributed by atoms with Crippen LogP contribution in [0.15, 0.2) is 48.6 Å². The first-order valence-corrected chi connectivity index (χ1v) is 17.2. The highest BCUT2D eigenvalue weighted by atomic mass is 16.6. The van der Waals surface area contributed by atoms with Gasteiger partial charge in [0.2, 0.25) is 0 Å². The molecule has 2 N–H and O–H groups in total. The summed E-state index contributed by atoms with van der Waals surface area (Å²) in [7, 11) is 0. The van der Waals surface area contributed by atoms with Crippen LogP contribution < -0.4 is 0 Å². The van der Waals surface area contributed by atoms with Gasteiger partial charge in [-0.2, -0.15) is 0 Å². The summed E-state index contributed by atoms with van der Waals surface area (Å²) in [5.41, 5.74) is 0. The van der Waals surface area contributed by atoms with Crippen LogP contribution in [0.2, 0.25) is 0 Å². The first-order valence-electron chi connectivity index (χ1n) is 17.2. The Labute approximate surface area is 263 Å². The Kier molecular flexibility index (Phi) is 31.1. The number of aliphatic hydroxyl groups is 2. The van der Waals surface area contributed by atoms with Gasteiger partial charge < -0.3 is 19.7 Å². The molecule has 0 aromatic carbocycles. The molecule has 0 aromatic heterocycles. The maximum absolute atomic E-state index is 11.9. The van der Waals surface area contributed by atoms with Crippen molar-refractivity contribution in [2.75, 3.05) is 19.8 Å². The van der Waals surface area contributed by atoms with E-state index in [0.717, 1.165) is 76.5 Å². The van der Waals surface area contributed by atoms with Gasteiger partial charge in [-0.15, -0.1) is 0 Å². The number of hydrogen-bond acceptors (Lipinski definition) is 6. The summed E-state index contributed by atoms with van der Waals surface area (Å²) >= 11 is 0. The summed E-state index contributed by atoms with van der Waals surface area (Å²) in [4.78, 5) is 23.8. The third-order valence-electron chi connectivity index (χ3n) is 7.05. The zero-order valence-corrected chi connectivity index (χ0v) is 27.6. The molecule has 0 radical (unpaired) electrons. The van der Waals surface area contributed by atoms with E-state index < -0.39 is 6.10 Å². The fourth-order valence-corrected chi connectivity index (χ4v) is 4.42. The van der Waals surface area contributed by atoms with Crippen LogP contribution >= 0.6 is 0 Å². The Morgan fingerprint density at radius 2 is 0.977 bits per heavy atom. The molecule has 0 bridgehead atoms. The monoisotopic (exact) mass is 604 g/mol. The Morgan fingerprint density at radius 3 is 1.49 bits per heavy atom. The van der Waals surface area contributed by atoms with E-state index in [4.69, 9.17) is 14.6 Å². The van der Waals surface area contributed by atoms with Crippen LogP contribution in [0.25, 0.3) is 0 Å². The van der Waals surface area contributed by atoms with Gasteiger partial charge >= 0.3 is 11.9 Å². The van der Waals surface area contributed by atoms with Crippen molar-refractivity contribution in [1.82, 2.24) is 0 Å². The highest BCUT2D eigenvalue weighted by Gasteiger charge is 2.12. The maximum Gasteiger partial charge on any atom is 0.305 e. The second-order valence-corrected chi connectivity index (χ2v) is 11.8. The molecule has 0 aromatic rings. The van der Waals surface area contributed by atoms with E-state index in [9.17, 15) is 14.7 Å². The summed E-state index contributed by atoms with van der Waals surface area (Å²) in [5.74, 6) is 0.152. The van der Waals surface area contributed by atoms with E-state index in [-0.39, 0.29) is 25.2 Å². The minimum atomic E-state index is -0.991. The Balaban J connectivity index is 3.58. The minimum Gasteiger partial charge on any atom is -0.463 e. The van der Waals surface area contributed by atoms with Crippen LogP contribution in [0.1, 0.15) is 142 Å². The summed E-state index contributed by atoms with van der Waals surface area (Å²) in [6.07, 6.45) is 36.1. The average molecular weight is 605 g/mol. The SMILES string of the molecule is CC(C)CCCCCCCCCCC(=O)OC[C@H](O)COC(=O)CCC/C=C\C/C=C\C/C=C\C/C=C\CCCCCO. The molecular weight excluding hydrogens is 540 g/mol. The normalized spacial score (nSPS) is 12.9. The third-order valence-corrected chi connectivity index (χ3v) is 7.05. The highest BCUT2D eigenvalue weighted by Crippen LogP contribution is 2.13. The van der Waals surface area contributed by atoms with Gasteiger partial charge in [-0.1, -0.05) is 120 Å². The Morgan fingerprint density at radius 1 is 0.558 bits per heavy atom. The Hall–Kier alpha value is -2.18. The number of hydrogen-bond donors (Lipinski definition) is 2. The summed E-state index contributed by atoms with van der Waals surface area (Å²) in [5, 5.41) is 18.7. The highest BCUT2D eigenvalue weighted by molar-refractivity contribution is 5.69. The molecule has 0 heterocycles. The van der Waals surface area contributed by atoms with Gasteiger partial charge in [0.15, 0.2) is 0 Å². The van der Waals surface area contributed by atoms with Crippen LogP contribution in [0.5, 0.6) is 0 Å². The van der Waals surface area contributed by atoms with Crippen molar-refractivity contribution in [2.45, 2.75) is 148 Å². The van der Waals surface area contributed by atoms with Crippen LogP contribution in [0, 0.1) is 5.92 Å². The quantitative estimate of drug-likeness (QED) is 0.0482. The topological polar surface area (TPSA) is 93.1 Å². The minimum absolute atomic E-state index is 0.141. The molecule has 6 heteroatoms. The number of carbonyl (C=O) groups excluding carboxylic acids is 2. The van der Waals surface area contributed by atoms with Gasteiger partial charge in [0.05, 0.1) is 0 Å². The summed E-state index contributed by atoms with van der Waals surface area (Å²) in [6, 6.07) is 0. The third kappa shape index (κ3) is 34.2. The van der Waals surface area contributed by atoms with Crippen LogP contribution in [-0.2, 0) is 19.1 Å². The van der Waals surface area contributed by atoms with Crippen molar-refractivity contribution in [3.63, 3.8) is 0 Å². The number of carbonyl (C=O) groups is 2. The number of ether oxygens (including phenoxy) is 2. The van der Waals surface area contributed by atoms with Crippen molar-refractivity contribution in [3.8, 4) is 0 Å². The van der Waals surface area contributed by atoms with Gasteiger partial charge in [0.1, 0.15) is 19.3 Å². The lowest BCUT2D eigenvalue weighted by Crippen LogP contribution is -2.25. The van der Waals surface area contributed by atoms with Gasteiger partial charge in [0.25, 0.3) is 0 Å². The lowest BCUT2D eigenvalue weighted by Gasteiger charge is -2.12. The lowest BCUT2D eigenvalue weighted by atomic mass is 10.0. The zero-order chi connectivity index (χ0) is 31.6. The molecular formula is C37H64O6. The molecule has 6 nitrogen and oxygen atoms in total. The number of esters is 2. The second kappa shape index (κ2) is 32.7. The lowest BCUT2D eigenvalue weighted by molar-refractivity contribution is -0.152. The van der Waals surface area contributed by atoms with Gasteiger partial charge in [0, 0.05) is 19.4 Å². The number of allylic oxidation sites excluding steroid dienone is 8. The first kappa shape index (κ1) is 40.8. The predicted octanol–water partition coefficient (Wildman–Crippen LogP) is 9.11. The molecule has 0 aliphatic heterocycles. The molecule has 43 heavy (non-hydrogen) atoms. The van der Waals surface area contributed by atoms with Gasteiger partial charge in [-0.25, -0.2) is 0 Å². The van der Waals surface area contributed by atoms with E-state index in [1.165, 1.54) is 38.5 Å². The molecule has 0 aliphatic carbocycles. The molecule has 248 valence electrons. The molecule has 0 amide bonds. The second-order valence-electron chi connectivity index (χ2n) is 11.8. The maximum atomic E-state index is 11.9. The van der Waals surface area contributed by atoms with Crippen molar-refractivity contribution >= 4 is 11.9 Å². The molecule has 0 saturated heterocycles. The van der Waals surface area contributed by atoms with E-state index in [2.05, 4.69) is 62.5 Å².